The van der Waals surface area contributed by atoms with Crippen LogP contribution in [0, 0.1) is 10.8 Å². The van der Waals surface area contributed by atoms with Crippen molar-refractivity contribution in [2.45, 2.75) is 78.1 Å². The molecule has 1 spiro atoms. The number of phenolic OH excluding ortho intramolecular Hbond substituents is 1. The monoisotopic (exact) mass is 442 g/mol. The van der Waals surface area contributed by atoms with E-state index in [9.17, 15) is 5.11 Å². The van der Waals surface area contributed by atoms with E-state index in [1.54, 1.807) is 7.11 Å². The highest BCUT2D eigenvalue weighted by atomic mass is 16.5. The number of phenols is 1. The van der Waals surface area contributed by atoms with Crippen molar-refractivity contribution in [3.8, 4) is 22.6 Å². The van der Waals surface area contributed by atoms with E-state index in [-0.39, 0.29) is 5.41 Å². The van der Waals surface area contributed by atoms with Crippen LogP contribution in [0.5, 0.6) is 11.5 Å². The fourth-order valence-corrected chi connectivity index (χ4v) is 7.59. The molecule has 0 aromatic heterocycles. The molecule has 0 radical (unpaired) electrons. The lowest BCUT2D eigenvalue weighted by Gasteiger charge is -2.56. The molecule has 0 amide bonds. The SMILES string of the molecule is CCC1(CC)CC(CC)(CC)CC2(C1)c1ccccc1-c1c2cc(O)c2cc(OC)ccc12. The van der Waals surface area contributed by atoms with Crippen LogP contribution in [0.15, 0.2) is 48.5 Å². The van der Waals surface area contributed by atoms with Crippen molar-refractivity contribution in [2.75, 3.05) is 7.11 Å². The van der Waals surface area contributed by atoms with Gasteiger partial charge < -0.3 is 9.84 Å². The number of benzene rings is 3. The van der Waals surface area contributed by atoms with Crippen LogP contribution in [0.1, 0.15) is 83.8 Å². The molecule has 3 aromatic carbocycles. The Morgan fingerprint density at radius 1 is 0.758 bits per heavy atom. The molecule has 0 heterocycles. The van der Waals surface area contributed by atoms with Crippen molar-refractivity contribution in [2.24, 2.45) is 10.8 Å². The smallest absolute Gasteiger partial charge is 0.123 e. The summed E-state index contributed by atoms with van der Waals surface area (Å²) in [6, 6.07) is 17.3. The highest BCUT2D eigenvalue weighted by Gasteiger charge is 2.56. The summed E-state index contributed by atoms with van der Waals surface area (Å²) in [7, 11) is 1.68. The topological polar surface area (TPSA) is 29.5 Å². The lowest BCUT2D eigenvalue weighted by molar-refractivity contribution is 0.00326. The molecule has 2 aliphatic rings. The Hall–Kier alpha value is -2.48. The van der Waals surface area contributed by atoms with Gasteiger partial charge in [0.2, 0.25) is 0 Å². The van der Waals surface area contributed by atoms with Crippen LogP contribution >= 0.6 is 0 Å². The fraction of sp³-hybridized carbons (Fsp3) is 0.484. The number of fused-ring (bicyclic) bond motifs is 7. The second kappa shape index (κ2) is 7.79. The molecule has 5 rings (SSSR count). The summed E-state index contributed by atoms with van der Waals surface area (Å²) in [5, 5.41) is 13.3. The molecule has 33 heavy (non-hydrogen) atoms. The maximum Gasteiger partial charge on any atom is 0.123 e. The van der Waals surface area contributed by atoms with Gasteiger partial charge in [-0.15, -0.1) is 0 Å². The van der Waals surface area contributed by atoms with Gasteiger partial charge in [-0.3, -0.25) is 0 Å². The third-order valence-electron chi connectivity index (χ3n) is 9.65. The minimum Gasteiger partial charge on any atom is -0.507 e. The molecule has 3 aromatic rings. The van der Waals surface area contributed by atoms with Gasteiger partial charge in [0, 0.05) is 10.8 Å². The van der Waals surface area contributed by atoms with Crippen molar-refractivity contribution in [3.63, 3.8) is 0 Å². The summed E-state index contributed by atoms with van der Waals surface area (Å²) in [6.45, 7) is 9.57. The first-order valence-electron chi connectivity index (χ1n) is 12.8. The predicted octanol–water partition coefficient (Wildman–Crippen LogP) is 8.62. The van der Waals surface area contributed by atoms with E-state index in [1.807, 2.05) is 12.1 Å². The van der Waals surface area contributed by atoms with Gasteiger partial charge >= 0.3 is 0 Å². The molecule has 2 nitrogen and oxygen atoms in total. The molecule has 1 N–H and O–H groups in total. The first-order chi connectivity index (χ1) is 15.9. The van der Waals surface area contributed by atoms with Crippen LogP contribution in [0.3, 0.4) is 0 Å². The molecule has 1 saturated carbocycles. The van der Waals surface area contributed by atoms with Crippen LogP contribution in [0.2, 0.25) is 0 Å². The van der Waals surface area contributed by atoms with Crippen molar-refractivity contribution in [1.29, 1.82) is 0 Å². The van der Waals surface area contributed by atoms with Gasteiger partial charge in [0.1, 0.15) is 11.5 Å². The number of ether oxygens (including phenoxy) is 1. The molecule has 0 aliphatic heterocycles. The Morgan fingerprint density at radius 3 is 2.00 bits per heavy atom. The van der Waals surface area contributed by atoms with Gasteiger partial charge in [-0.2, -0.15) is 0 Å². The van der Waals surface area contributed by atoms with Crippen molar-refractivity contribution < 1.29 is 9.84 Å². The van der Waals surface area contributed by atoms with Gasteiger partial charge in [0.05, 0.1) is 7.11 Å². The number of aromatic hydroxyl groups is 1. The van der Waals surface area contributed by atoms with Crippen LogP contribution < -0.4 is 4.74 Å². The number of methoxy groups -OCH3 is 1. The summed E-state index contributed by atoms with van der Waals surface area (Å²) in [5.41, 5.74) is 6.09. The predicted molar refractivity (Wildman–Crippen MR) is 138 cm³/mol. The number of rotatable bonds is 5. The molecule has 0 bridgehead atoms. The zero-order chi connectivity index (χ0) is 23.4. The Bertz CT molecular complexity index is 1180. The molecule has 0 saturated heterocycles. The molecule has 2 heteroatoms. The van der Waals surface area contributed by atoms with Crippen molar-refractivity contribution >= 4 is 10.8 Å². The summed E-state index contributed by atoms with van der Waals surface area (Å²) < 4.78 is 5.48. The van der Waals surface area contributed by atoms with E-state index in [0.29, 0.717) is 16.6 Å². The molecule has 0 atom stereocenters. The minimum absolute atomic E-state index is 0.0478. The lowest BCUT2D eigenvalue weighted by atomic mass is 9.48. The molecular formula is C31H38O2. The first-order valence-corrected chi connectivity index (χ1v) is 12.8. The van der Waals surface area contributed by atoms with Crippen molar-refractivity contribution in [3.05, 3.63) is 59.7 Å². The number of hydrogen-bond donors (Lipinski definition) is 1. The zero-order valence-electron chi connectivity index (χ0n) is 20.9. The second-order valence-corrected chi connectivity index (χ2v) is 10.8. The number of hydrogen-bond acceptors (Lipinski definition) is 2. The summed E-state index contributed by atoms with van der Waals surface area (Å²) in [4.78, 5) is 0. The Morgan fingerprint density at radius 2 is 1.39 bits per heavy atom. The van der Waals surface area contributed by atoms with E-state index in [2.05, 4.69) is 64.1 Å². The fourth-order valence-electron chi connectivity index (χ4n) is 7.59. The van der Waals surface area contributed by atoms with E-state index >= 15 is 0 Å². The lowest BCUT2D eigenvalue weighted by Crippen LogP contribution is -2.47. The van der Waals surface area contributed by atoms with Crippen LogP contribution in [-0.2, 0) is 5.41 Å². The van der Waals surface area contributed by atoms with Gasteiger partial charge in [-0.05, 0) is 82.0 Å². The molecule has 174 valence electrons. The average Bonchev–Trinajstić information content (AvgIpc) is 3.12. The first kappa shape index (κ1) is 22.3. The zero-order valence-corrected chi connectivity index (χ0v) is 20.9. The third kappa shape index (κ3) is 3.06. The van der Waals surface area contributed by atoms with Crippen LogP contribution in [0.4, 0.5) is 0 Å². The van der Waals surface area contributed by atoms with Crippen LogP contribution in [0.25, 0.3) is 21.9 Å². The van der Waals surface area contributed by atoms with E-state index in [1.165, 1.54) is 67.2 Å². The highest BCUT2D eigenvalue weighted by molar-refractivity contribution is 6.05. The van der Waals surface area contributed by atoms with Crippen molar-refractivity contribution in [1.82, 2.24) is 0 Å². The van der Waals surface area contributed by atoms with E-state index in [0.717, 1.165) is 16.5 Å². The Kier molecular flexibility index (Phi) is 5.27. The second-order valence-electron chi connectivity index (χ2n) is 10.8. The van der Waals surface area contributed by atoms with E-state index < -0.39 is 0 Å². The van der Waals surface area contributed by atoms with Gasteiger partial charge in [-0.25, -0.2) is 0 Å². The normalized spacial score (nSPS) is 19.4. The largest absolute Gasteiger partial charge is 0.507 e. The summed E-state index contributed by atoms with van der Waals surface area (Å²) >= 11 is 0. The Balaban J connectivity index is 1.87. The summed E-state index contributed by atoms with van der Waals surface area (Å²) in [6.07, 6.45) is 8.49. The summed E-state index contributed by atoms with van der Waals surface area (Å²) in [5.74, 6) is 1.15. The maximum absolute atomic E-state index is 11.3. The van der Waals surface area contributed by atoms with Gasteiger partial charge in [0.25, 0.3) is 0 Å². The minimum atomic E-state index is -0.0478. The molecule has 0 unspecified atom stereocenters. The highest BCUT2D eigenvalue weighted by Crippen LogP contribution is 2.67. The van der Waals surface area contributed by atoms with E-state index in [4.69, 9.17) is 4.74 Å². The standard InChI is InChI=1S/C31H38O2/c1-6-29(7-2)18-30(8-3,9-4)20-31(19-29)25-13-11-10-12-23(25)28-22-15-14-21(33-5)16-24(22)27(32)17-26(28)31/h10-17,32H,6-9,18-20H2,1-5H3. The maximum atomic E-state index is 11.3. The molecule has 1 fully saturated rings. The molecular weight excluding hydrogens is 404 g/mol. The third-order valence-corrected chi connectivity index (χ3v) is 9.65. The Labute approximate surface area is 199 Å². The van der Waals surface area contributed by atoms with Crippen LogP contribution in [-0.4, -0.2) is 12.2 Å². The van der Waals surface area contributed by atoms with Gasteiger partial charge in [0.15, 0.2) is 0 Å². The molecule has 2 aliphatic carbocycles. The van der Waals surface area contributed by atoms with Gasteiger partial charge in [-0.1, -0.05) is 77.6 Å². The quantitative estimate of drug-likeness (QED) is 0.428. The average molecular weight is 443 g/mol.